The normalized spacial score (nSPS) is 10.1. The monoisotopic (exact) mass is 457 g/mol. The Labute approximate surface area is 169 Å². The van der Waals surface area contributed by atoms with Gasteiger partial charge in [0.05, 0.1) is 37.1 Å². The van der Waals surface area contributed by atoms with Crippen LogP contribution in [0.15, 0.2) is 34.8 Å². The van der Waals surface area contributed by atoms with Gasteiger partial charge in [0.25, 0.3) is 5.91 Å². The Morgan fingerprint density at radius 2 is 1.70 bits per heavy atom. The molecule has 0 fully saturated rings. The summed E-state index contributed by atoms with van der Waals surface area (Å²) in [5.41, 5.74) is 0.333. The molecule has 0 aromatic heterocycles. The molecule has 0 spiro atoms. The Kier molecular flexibility index (Phi) is 7.32. The van der Waals surface area contributed by atoms with Crippen LogP contribution in [0.3, 0.4) is 0 Å². The third kappa shape index (κ3) is 5.27. The summed E-state index contributed by atoms with van der Waals surface area (Å²) in [4.78, 5) is 24.3. The van der Waals surface area contributed by atoms with Crippen molar-refractivity contribution in [2.24, 2.45) is 0 Å². The number of hydrogen-bond donors (Lipinski definition) is 1. The van der Waals surface area contributed by atoms with Crippen LogP contribution < -0.4 is 19.5 Å². The van der Waals surface area contributed by atoms with Crippen molar-refractivity contribution >= 4 is 45.1 Å². The average Bonchev–Trinajstić information content (AvgIpc) is 2.66. The number of benzene rings is 2. The number of carbonyl (C=O) groups is 2. The summed E-state index contributed by atoms with van der Waals surface area (Å²) in [6, 6.07) is 7.83. The number of halogens is 2. The minimum absolute atomic E-state index is 0.121. The van der Waals surface area contributed by atoms with E-state index >= 15 is 0 Å². The predicted molar refractivity (Wildman–Crippen MR) is 104 cm³/mol. The molecule has 0 aliphatic carbocycles. The second-order valence-electron chi connectivity index (χ2n) is 5.16. The molecule has 1 N–H and O–H groups in total. The number of methoxy groups -OCH3 is 3. The number of rotatable bonds is 7. The zero-order valence-electron chi connectivity index (χ0n) is 14.8. The SMILES string of the molecule is COC(=O)c1cc(OC)c(OC)cc1NC(=O)COc1ccc(Cl)cc1Br. The number of nitrogens with one attached hydrogen (secondary N) is 1. The lowest BCUT2D eigenvalue weighted by Crippen LogP contribution is -2.22. The summed E-state index contributed by atoms with van der Waals surface area (Å²) in [6.45, 7) is -0.283. The summed E-state index contributed by atoms with van der Waals surface area (Å²) >= 11 is 9.18. The largest absolute Gasteiger partial charge is 0.493 e. The Balaban J connectivity index is 2.19. The number of anilines is 1. The molecule has 0 saturated carbocycles. The molecule has 2 rings (SSSR count). The number of hydrogen-bond acceptors (Lipinski definition) is 6. The van der Waals surface area contributed by atoms with Crippen molar-refractivity contribution in [3.8, 4) is 17.2 Å². The Hall–Kier alpha value is -2.45. The standard InChI is InChI=1S/C18H17BrClNO6/c1-24-15-7-11(18(23)26-3)13(8-16(15)25-2)21-17(22)9-27-14-5-4-10(20)6-12(14)19/h4-8H,9H2,1-3H3,(H,21,22). The zero-order chi connectivity index (χ0) is 20.0. The van der Waals surface area contributed by atoms with Gasteiger partial charge in [0.15, 0.2) is 18.1 Å². The van der Waals surface area contributed by atoms with E-state index in [9.17, 15) is 9.59 Å². The highest BCUT2D eigenvalue weighted by Crippen LogP contribution is 2.34. The van der Waals surface area contributed by atoms with Crippen LogP contribution in [0.2, 0.25) is 5.02 Å². The van der Waals surface area contributed by atoms with Crippen LogP contribution in [0, 0.1) is 0 Å². The highest BCUT2D eigenvalue weighted by Gasteiger charge is 2.19. The average molecular weight is 459 g/mol. The van der Waals surface area contributed by atoms with Crippen molar-refractivity contribution in [3.63, 3.8) is 0 Å². The predicted octanol–water partition coefficient (Wildman–Crippen LogP) is 3.92. The van der Waals surface area contributed by atoms with Crippen molar-refractivity contribution < 1.29 is 28.5 Å². The minimum atomic E-state index is -0.632. The molecular weight excluding hydrogens is 442 g/mol. The topological polar surface area (TPSA) is 83.1 Å². The van der Waals surface area contributed by atoms with Crippen LogP contribution in [0.4, 0.5) is 5.69 Å². The molecule has 0 unspecified atom stereocenters. The van der Waals surface area contributed by atoms with Crippen LogP contribution >= 0.6 is 27.5 Å². The maximum Gasteiger partial charge on any atom is 0.340 e. The van der Waals surface area contributed by atoms with E-state index in [0.717, 1.165) is 0 Å². The van der Waals surface area contributed by atoms with Crippen molar-refractivity contribution in [3.05, 3.63) is 45.4 Å². The summed E-state index contributed by atoms with van der Waals surface area (Å²) in [6.07, 6.45) is 0. The fraction of sp³-hybridized carbons (Fsp3) is 0.222. The molecule has 1 amide bonds. The summed E-state index contributed by atoms with van der Waals surface area (Å²) in [5.74, 6) is 0.0240. The molecule has 2 aromatic rings. The molecule has 0 radical (unpaired) electrons. The Morgan fingerprint density at radius 1 is 1.04 bits per heavy atom. The van der Waals surface area contributed by atoms with Crippen molar-refractivity contribution in [2.75, 3.05) is 33.3 Å². The van der Waals surface area contributed by atoms with Crippen LogP contribution in [-0.2, 0) is 9.53 Å². The minimum Gasteiger partial charge on any atom is -0.493 e. The molecule has 7 nitrogen and oxygen atoms in total. The first kappa shape index (κ1) is 20.9. The van der Waals surface area contributed by atoms with Gasteiger partial charge in [-0.1, -0.05) is 11.6 Å². The lowest BCUT2D eigenvalue weighted by Gasteiger charge is -2.15. The van der Waals surface area contributed by atoms with Crippen molar-refractivity contribution in [1.29, 1.82) is 0 Å². The first-order valence-electron chi connectivity index (χ1n) is 7.61. The molecule has 27 heavy (non-hydrogen) atoms. The van der Waals surface area contributed by atoms with Gasteiger partial charge in [-0.2, -0.15) is 0 Å². The van der Waals surface area contributed by atoms with E-state index in [4.69, 9.17) is 30.5 Å². The van der Waals surface area contributed by atoms with Crippen molar-refractivity contribution in [1.82, 2.24) is 0 Å². The summed E-state index contributed by atoms with van der Waals surface area (Å²) in [5, 5.41) is 3.15. The van der Waals surface area contributed by atoms with E-state index in [2.05, 4.69) is 21.2 Å². The number of esters is 1. The van der Waals surface area contributed by atoms with E-state index in [1.54, 1.807) is 18.2 Å². The Morgan fingerprint density at radius 3 is 2.30 bits per heavy atom. The second-order valence-corrected chi connectivity index (χ2v) is 6.45. The molecule has 0 saturated heterocycles. The first-order valence-corrected chi connectivity index (χ1v) is 8.78. The molecular formula is C18H17BrClNO6. The van der Waals surface area contributed by atoms with Gasteiger partial charge in [-0.15, -0.1) is 0 Å². The van der Waals surface area contributed by atoms with Crippen LogP contribution in [0.5, 0.6) is 17.2 Å². The molecule has 0 heterocycles. The van der Waals surface area contributed by atoms with Crippen molar-refractivity contribution in [2.45, 2.75) is 0 Å². The van der Waals surface area contributed by atoms with Gasteiger partial charge in [-0.25, -0.2) is 4.79 Å². The van der Waals surface area contributed by atoms with Gasteiger partial charge < -0.3 is 24.3 Å². The number of amides is 1. The zero-order valence-corrected chi connectivity index (χ0v) is 17.1. The van der Waals surface area contributed by atoms with Gasteiger partial charge in [0.1, 0.15) is 5.75 Å². The van der Waals surface area contributed by atoms with E-state index in [0.29, 0.717) is 26.7 Å². The maximum atomic E-state index is 12.3. The molecule has 9 heteroatoms. The second kappa shape index (κ2) is 9.48. The number of carbonyl (C=O) groups excluding carboxylic acids is 2. The highest BCUT2D eigenvalue weighted by atomic mass is 79.9. The fourth-order valence-electron chi connectivity index (χ4n) is 2.18. The molecule has 0 aliphatic rings. The molecule has 144 valence electrons. The van der Waals surface area contributed by atoms with Gasteiger partial charge in [0.2, 0.25) is 0 Å². The Bertz CT molecular complexity index is 858. The van der Waals surface area contributed by atoms with Crippen LogP contribution in [0.25, 0.3) is 0 Å². The summed E-state index contributed by atoms with van der Waals surface area (Å²) < 4.78 is 21.2. The van der Waals surface area contributed by atoms with E-state index in [1.807, 2.05) is 0 Å². The maximum absolute atomic E-state index is 12.3. The van der Waals surface area contributed by atoms with Crippen LogP contribution in [0.1, 0.15) is 10.4 Å². The van der Waals surface area contributed by atoms with Crippen LogP contribution in [-0.4, -0.2) is 39.8 Å². The molecule has 0 aliphatic heterocycles. The molecule has 2 aromatic carbocycles. The molecule has 0 atom stereocenters. The quantitative estimate of drug-likeness (QED) is 0.633. The van der Waals surface area contributed by atoms with E-state index < -0.39 is 11.9 Å². The van der Waals surface area contributed by atoms with E-state index in [1.165, 1.54) is 33.5 Å². The molecule has 0 bridgehead atoms. The number of ether oxygens (including phenoxy) is 4. The third-order valence-corrected chi connectivity index (χ3v) is 4.31. The van der Waals surface area contributed by atoms with Gasteiger partial charge in [0, 0.05) is 17.2 Å². The highest BCUT2D eigenvalue weighted by molar-refractivity contribution is 9.10. The third-order valence-electron chi connectivity index (χ3n) is 3.46. The van der Waals surface area contributed by atoms with Gasteiger partial charge in [-0.3, -0.25) is 4.79 Å². The smallest absolute Gasteiger partial charge is 0.340 e. The lowest BCUT2D eigenvalue weighted by molar-refractivity contribution is -0.118. The van der Waals surface area contributed by atoms with E-state index in [-0.39, 0.29) is 17.9 Å². The first-order chi connectivity index (χ1) is 12.9. The fourth-order valence-corrected chi connectivity index (χ4v) is 2.98. The summed E-state index contributed by atoms with van der Waals surface area (Å²) in [7, 11) is 4.13. The van der Waals surface area contributed by atoms with Gasteiger partial charge >= 0.3 is 5.97 Å². The van der Waals surface area contributed by atoms with Gasteiger partial charge in [-0.05, 0) is 34.1 Å². The lowest BCUT2D eigenvalue weighted by atomic mass is 10.1.